The molecule has 0 aliphatic heterocycles. The fraction of sp³-hybridized carbons (Fsp3) is 0.118. The quantitative estimate of drug-likeness (QED) is 0.566. The number of amides is 1. The second-order valence-corrected chi connectivity index (χ2v) is 5.09. The molecular weight excluding hydrogens is 318 g/mol. The molecule has 3 aromatic rings. The molecule has 126 valence electrons. The van der Waals surface area contributed by atoms with Crippen LogP contribution in [0.3, 0.4) is 0 Å². The second-order valence-electron chi connectivity index (χ2n) is 5.09. The molecule has 3 rings (SSSR count). The maximum Gasteiger partial charge on any atom is 0.251 e. The van der Waals surface area contributed by atoms with Crippen LogP contribution >= 0.6 is 0 Å². The standard InChI is InChI=1S/C17H17N7O/c25-17(13-5-8-18-9-6-13)21-11-10-20-15-3-4-16(24-23-15)22-14-2-1-7-19-12-14/h1-9,12H,10-11H2,(H,20,23)(H,21,25)(H,22,24). The summed E-state index contributed by atoms with van der Waals surface area (Å²) in [6.45, 7) is 1.01. The molecule has 0 saturated heterocycles. The molecule has 3 N–H and O–H groups in total. The van der Waals surface area contributed by atoms with E-state index >= 15 is 0 Å². The number of carbonyl (C=O) groups is 1. The molecule has 0 radical (unpaired) electrons. The third-order valence-corrected chi connectivity index (χ3v) is 3.26. The number of carbonyl (C=O) groups excluding carboxylic acids is 1. The van der Waals surface area contributed by atoms with Gasteiger partial charge in [-0.3, -0.25) is 14.8 Å². The highest BCUT2D eigenvalue weighted by molar-refractivity contribution is 5.93. The summed E-state index contributed by atoms with van der Waals surface area (Å²) in [4.78, 5) is 19.8. The zero-order valence-corrected chi connectivity index (χ0v) is 13.4. The predicted octanol–water partition coefficient (Wildman–Crippen LogP) is 1.85. The van der Waals surface area contributed by atoms with Crippen LogP contribution in [0.4, 0.5) is 17.3 Å². The Morgan fingerprint density at radius 1 is 0.880 bits per heavy atom. The van der Waals surface area contributed by atoms with E-state index in [1.54, 1.807) is 36.9 Å². The summed E-state index contributed by atoms with van der Waals surface area (Å²) in [5.74, 6) is 1.13. The molecule has 0 spiro atoms. The summed E-state index contributed by atoms with van der Waals surface area (Å²) >= 11 is 0. The summed E-state index contributed by atoms with van der Waals surface area (Å²) < 4.78 is 0. The van der Waals surface area contributed by atoms with Gasteiger partial charge in [0.1, 0.15) is 5.82 Å². The third-order valence-electron chi connectivity index (χ3n) is 3.26. The van der Waals surface area contributed by atoms with Crippen molar-refractivity contribution in [3.05, 3.63) is 66.7 Å². The molecule has 0 saturated carbocycles. The molecule has 25 heavy (non-hydrogen) atoms. The first-order chi connectivity index (χ1) is 12.3. The predicted molar refractivity (Wildman–Crippen MR) is 94.6 cm³/mol. The molecule has 0 aliphatic rings. The lowest BCUT2D eigenvalue weighted by molar-refractivity contribution is 0.0955. The topological polar surface area (TPSA) is 105 Å². The van der Waals surface area contributed by atoms with E-state index in [0.717, 1.165) is 5.69 Å². The first-order valence-corrected chi connectivity index (χ1v) is 7.74. The highest BCUT2D eigenvalue weighted by Gasteiger charge is 2.03. The number of rotatable bonds is 7. The third kappa shape index (κ3) is 4.96. The Kier molecular flexibility index (Phi) is 5.44. The number of hydrogen-bond donors (Lipinski definition) is 3. The van der Waals surface area contributed by atoms with Crippen LogP contribution < -0.4 is 16.0 Å². The van der Waals surface area contributed by atoms with E-state index in [9.17, 15) is 4.79 Å². The van der Waals surface area contributed by atoms with Crippen molar-refractivity contribution in [3.8, 4) is 0 Å². The van der Waals surface area contributed by atoms with Crippen LogP contribution in [0, 0.1) is 0 Å². The van der Waals surface area contributed by atoms with Gasteiger partial charge < -0.3 is 16.0 Å². The second kappa shape index (κ2) is 8.34. The smallest absolute Gasteiger partial charge is 0.251 e. The van der Waals surface area contributed by atoms with Gasteiger partial charge in [-0.1, -0.05) is 0 Å². The summed E-state index contributed by atoms with van der Waals surface area (Å²) in [5.41, 5.74) is 1.43. The lowest BCUT2D eigenvalue weighted by Gasteiger charge is -2.08. The Hall–Kier alpha value is -3.55. The van der Waals surface area contributed by atoms with E-state index in [4.69, 9.17) is 0 Å². The molecule has 8 nitrogen and oxygen atoms in total. The minimum atomic E-state index is -0.133. The number of hydrogen-bond acceptors (Lipinski definition) is 7. The highest BCUT2D eigenvalue weighted by Crippen LogP contribution is 2.12. The Balaban J connectivity index is 1.42. The van der Waals surface area contributed by atoms with Gasteiger partial charge in [0.05, 0.1) is 11.9 Å². The highest BCUT2D eigenvalue weighted by atomic mass is 16.1. The first kappa shape index (κ1) is 16.3. The zero-order chi connectivity index (χ0) is 17.3. The van der Waals surface area contributed by atoms with Gasteiger partial charge >= 0.3 is 0 Å². The molecule has 8 heteroatoms. The maximum atomic E-state index is 11.9. The largest absolute Gasteiger partial charge is 0.367 e. The molecule has 1 amide bonds. The number of pyridine rings is 2. The van der Waals surface area contributed by atoms with Gasteiger partial charge in [0, 0.05) is 37.2 Å². The van der Waals surface area contributed by atoms with Crippen molar-refractivity contribution in [3.63, 3.8) is 0 Å². The molecule has 0 aromatic carbocycles. The average Bonchev–Trinajstić information content (AvgIpc) is 2.68. The van der Waals surface area contributed by atoms with Crippen molar-refractivity contribution in [1.82, 2.24) is 25.5 Å². The van der Waals surface area contributed by atoms with Crippen LogP contribution in [0.1, 0.15) is 10.4 Å². The van der Waals surface area contributed by atoms with Gasteiger partial charge in [-0.25, -0.2) is 0 Å². The summed E-state index contributed by atoms with van der Waals surface area (Å²) in [6, 6.07) is 10.7. The van der Waals surface area contributed by atoms with E-state index in [2.05, 4.69) is 36.1 Å². The fourth-order valence-corrected chi connectivity index (χ4v) is 2.05. The maximum absolute atomic E-state index is 11.9. The van der Waals surface area contributed by atoms with E-state index in [1.807, 2.05) is 24.3 Å². The van der Waals surface area contributed by atoms with E-state index in [1.165, 1.54) is 0 Å². The van der Waals surface area contributed by atoms with E-state index < -0.39 is 0 Å². The SMILES string of the molecule is O=C(NCCNc1ccc(Nc2cccnc2)nn1)c1ccncc1. The Labute approximate surface area is 144 Å². The van der Waals surface area contributed by atoms with Crippen molar-refractivity contribution in [2.24, 2.45) is 0 Å². The number of anilines is 3. The molecule has 0 atom stereocenters. The van der Waals surface area contributed by atoms with Crippen LogP contribution in [-0.4, -0.2) is 39.2 Å². The van der Waals surface area contributed by atoms with E-state index in [-0.39, 0.29) is 5.91 Å². The Morgan fingerprint density at radius 2 is 1.68 bits per heavy atom. The van der Waals surface area contributed by atoms with Crippen LogP contribution in [0.25, 0.3) is 0 Å². The molecule has 0 fully saturated rings. The van der Waals surface area contributed by atoms with Crippen molar-refractivity contribution >= 4 is 23.2 Å². The lowest BCUT2D eigenvalue weighted by Crippen LogP contribution is -2.28. The van der Waals surface area contributed by atoms with Crippen LogP contribution in [0.5, 0.6) is 0 Å². The monoisotopic (exact) mass is 335 g/mol. The van der Waals surface area contributed by atoms with Crippen LogP contribution in [0.15, 0.2) is 61.2 Å². The first-order valence-electron chi connectivity index (χ1n) is 7.74. The molecular formula is C17H17N7O. The van der Waals surface area contributed by atoms with Gasteiger partial charge in [-0.2, -0.15) is 0 Å². The molecule has 0 bridgehead atoms. The average molecular weight is 335 g/mol. The van der Waals surface area contributed by atoms with Crippen LogP contribution in [-0.2, 0) is 0 Å². The van der Waals surface area contributed by atoms with Crippen molar-refractivity contribution in [2.75, 3.05) is 23.7 Å². The van der Waals surface area contributed by atoms with Crippen LogP contribution in [0.2, 0.25) is 0 Å². The molecule has 3 heterocycles. The minimum Gasteiger partial charge on any atom is -0.367 e. The Morgan fingerprint density at radius 3 is 2.40 bits per heavy atom. The van der Waals surface area contributed by atoms with Crippen molar-refractivity contribution in [1.29, 1.82) is 0 Å². The zero-order valence-electron chi connectivity index (χ0n) is 13.4. The summed E-state index contributed by atoms with van der Waals surface area (Å²) in [7, 11) is 0. The normalized spacial score (nSPS) is 10.1. The Bertz CT molecular complexity index is 794. The number of nitrogens with one attached hydrogen (secondary N) is 3. The van der Waals surface area contributed by atoms with Crippen molar-refractivity contribution in [2.45, 2.75) is 0 Å². The molecule has 3 aromatic heterocycles. The summed E-state index contributed by atoms with van der Waals surface area (Å²) in [5, 5.41) is 17.2. The van der Waals surface area contributed by atoms with Gasteiger partial charge in [0.15, 0.2) is 5.82 Å². The molecule has 0 unspecified atom stereocenters. The van der Waals surface area contributed by atoms with Gasteiger partial charge in [0.2, 0.25) is 0 Å². The van der Waals surface area contributed by atoms with Crippen molar-refractivity contribution < 1.29 is 4.79 Å². The summed E-state index contributed by atoms with van der Waals surface area (Å²) in [6.07, 6.45) is 6.59. The fourth-order valence-electron chi connectivity index (χ4n) is 2.05. The van der Waals surface area contributed by atoms with Gasteiger partial charge in [-0.15, -0.1) is 10.2 Å². The van der Waals surface area contributed by atoms with Gasteiger partial charge in [0.25, 0.3) is 5.91 Å². The number of aromatic nitrogens is 4. The van der Waals surface area contributed by atoms with E-state index in [0.29, 0.717) is 30.3 Å². The molecule has 0 aliphatic carbocycles. The minimum absolute atomic E-state index is 0.133. The lowest BCUT2D eigenvalue weighted by atomic mass is 10.2. The number of nitrogens with zero attached hydrogens (tertiary/aromatic N) is 4. The van der Waals surface area contributed by atoms with Gasteiger partial charge in [-0.05, 0) is 36.4 Å².